The minimum atomic E-state index is -0.140. The first kappa shape index (κ1) is 18.3. The number of carbonyl (C=O) groups is 1. The number of hydrogen-bond acceptors (Lipinski definition) is 5. The average molecular weight is 357 g/mol. The van der Waals surface area contributed by atoms with E-state index in [1.54, 1.807) is 6.26 Å². The Morgan fingerprint density at radius 2 is 2.15 bits per heavy atom. The number of rotatable bonds is 7. The van der Waals surface area contributed by atoms with Gasteiger partial charge in [0.25, 0.3) is 0 Å². The third-order valence-corrected chi connectivity index (χ3v) is 4.58. The highest BCUT2D eigenvalue weighted by Crippen LogP contribution is 2.32. The Kier molecular flexibility index (Phi) is 5.83. The van der Waals surface area contributed by atoms with Gasteiger partial charge < -0.3 is 19.4 Å². The second-order valence-corrected chi connectivity index (χ2v) is 6.75. The Labute approximate surface area is 154 Å². The van der Waals surface area contributed by atoms with Crippen molar-refractivity contribution in [2.24, 2.45) is 0 Å². The molecule has 0 radical (unpaired) electrons. The molecule has 1 N–H and O–H groups in total. The van der Waals surface area contributed by atoms with Gasteiger partial charge in [-0.15, -0.1) is 0 Å². The summed E-state index contributed by atoms with van der Waals surface area (Å²) in [6.07, 6.45) is 1.65. The molecule has 2 atom stereocenters. The number of likely N-dealkylation sites (N-methyl/N-ethyl adjacent to an activating group) is 2. The van der Waals surface area contributed by atoms with Gasteiger partial charge in [-0.3, -0.25) is 9.69 Å². The van der Waals surface area contributed by atoms with Crippen molar-refractivity contribution in [2.45, 2.75) is 26.0 Å². The minimum absolute atomic E-state index is 0.0278. The summed E-state index contributed by atoms with van der Waals surface area (Å²) in [5.41, 5.74) is 1.14. The van der Waals surface area contributed by atoms with Crippen LogP contribution in [0.15, 0.2) is 47.1 Å². The molecule has 6 heteroatoms. The molecule has 0 saturated carbocycles. The second kappa shape index (κ2) is 8.27. The summed E-state index contributed by atoms with van der Waals surface area (Å²) in [6.45, 7) is 6.82. The SMILES string of the molecule is CCN1C[C@H](CN(C)CC(=O)N[C@@H](C)c2ccco2)Oc2ccccc21. The van der Waals surface area contributed by atoms with Gasteiger partial charge in [0.1, 0.15) is 17.6 Å². The third kappa shape index (κ3) is 4.38. The van der Waals surface area contributed by atoms with E-state index in [9.17, 15) is 4.79 Å². The van der Waals surface area contributed by atoms with Crippen LogP contribution in [0.5, 0.6) is 5.75 Å². The van der Waals surface area contributed by atoms with Gasteiger partial charge in [-0.25, -0.2) is 0 Å². The van der Waals surface area contributed by atoms with Crippen LogP contribution in [0, 0.1) is 0 Å². The number of hydrogen-bond donors (Lipinski definition) is 1. The fourth-order valence-corrected chi connectivity index (χ4v) is 3.33. The number of benzene rings is 1. The number of para-hydroxylation sites is 2. The Hall–Kier alpha value is -2.47. The van der Waals surface area contributed by atoms with Gasteiger partial charge in [-0.05, 0) is 45.2 Å². The van der Waals surface area contributed by atoms with Crippen molar-refractivity contribution in [3.05, 3.63) is 48.4 Å². The van der Waals surface area contributed by atoms with Crippen molar-refractivity contribution < 1.29 is 13.9 Å². The molecule has 1 aromatic carbocycles. The molecule has 26 heavy (non-hydrogen) atoms. The lowest BCUT2D eigenvalue weighted by Crippen LogP contribution is -2.47. The molecule has 6 nitrogen and oxygen atoms in total. The summed E-state index contributed by atoms with van der Waals surface area (Å²) in [7, 11) is 1.94. The zero-order valence-corrected chi connectivity index (χ0v) is 15.6. The Balaban J connectivity index is 1.52. The molecule has 1 aliphatic heterocycles. The van der Waals surface area contributed by atoms with Gasteiger partial charge in [-0.1, -0.05) is 12.1 Å². The van der Waals surface area contributed by atoms with Crippen LogP contribution < -0.4 is 15.0 Å². The smallest absolute Gasteiger partial charge is 0.234 e. The molecular weight excluding hydrogens is 330 g/mol. The van der Waals surface area contributed by atoms with Crippen LogP contribution in [-0.2, 0) is 4.79 Å². The molecule has 1 aromatic heterocycles. The molecule has 2 aromatic rings. The number of fused-ring (bicyclic) bond motifs is 1. The maximum absolute atomic E-state index is 12.3. The van der Waals surface area contributed by atoms with Crippen molar-refractivity contribution in [3.63, 3.8) is 0 Å². The molecule has 3 rings (SSSR count). The zero-order chi connectivity index (χ0) is 18.5. The topological polar surface area (TPSA) is 58.0 Å². The average Bonchev–Trinajstić information content (AvgIpc) is 3.15. The Morgan fingerprint density at radius 3 is 2.88 bits per heavy atom. The quantitative estimate of drug-likeness (QED) is 0.826. The number of ether oxygens (including phenoxy) is 1. The van der Waals surface area contributed by atoms with E-state index in [0.29, 0.717) is 13.1 Å². The number of nitrogens with zero attached hydrogens (tertiary/aromatic N) is 2. The summed E-state index contributed by atoms with van der Waals surface area (Å²) >= 11 is 0. The van der Waals surface area contributed by atoms with Crippen molar-refractivity contribution >= 4 is 11.6 Å². The van der Waals surface area contributed by atoms with E-state index < -0.39 is 0 Å². The van der Waals surface area contributed by atoms with Crippen molar-refractivity contribution in [2.75, 3.05) is 38.1 Å². The zero-order valence-electron chi connectivity index (χ0n) is 15.6. The fourth-order valence-electron chi connectivity index (χ4n) is 3.33. The maximum Gasteiger partial charge on any atom is 0.234 e. The largest absolute Gasteiger partial charge is 0.485 e. The van der Waals surface area contributed by atoms with E-state index in [4.69, 9.17) is 9.15 Å². The molecule has 1 aliphatic rings. The van der Waals surface area contributed by atoms with Crippen LogP contribution in [0.2, 0.25) is 0 Å². The predicted molar refractivity (Wildman–Crippen MR) is 102 cm³/mol. The molecule has 0 unspecified atom stereocenters. The third-order valence-electron chi connectivity index (χ3n) is 4.58. The number of anilines is 1. The van der Waals surface area contributed by atoms with Crippen LogP contribution in [0.4, 0.5) is 5.69 Å². The van der Waals surface area contributed by atoms with Gasteiger partial charge in [0.15, 0.2) is 0 Å². The van der Waals surface area contributed by atoms with E-state index in [2.05, 4.69) is 23.2 Å². The number of furan rings is 1. The number of amides is 1. The monoisotopic (exact) mass is 357 g/mol. The standard InChI is InChI=1S/C20H27N3O3/c1-4-23-13-16(26-19-9-6-5-8-17(19)23)12-22(3)14-20(24)21-15(2)18-10-7-11-25-18/h5-11,15-16H,4,12-14H2,1-3H3,(H,21,24)/t15-,16-/m0/s1. The van der Waals surface area contributed by atoms with E-state index in [0.717, 1.165) is 30.3 Å². The number of carbonyl (C=O) groups excluding carboxylic acids is 1. The van der Waals surface area contributed by atoms with E-state index in [-0.39, 0.29) is 18.1 Å². The molecule has 0 saturated heterocycles. The first-order valence-corrected chi connectivity index (χ1v) is 9.08. The van der Waals surface area contributed by atoms with Crippen molar-refractivity contribution in [1.29, 1.82) is 0 Å². The van der Waals surface area contributed by atoms with Gasteiger partial charge in [0, 0.05) is 13.1 Å². The van der Waals surface area contributed by atoms with Crippen LogP contribution in [0.1, 0.15) is 25.6 Å². The Bertz CT molecular complexity index is 717. The second-order valence-electron chi connectivity index (χ2n) is 6.75. The van der Waals surface area contributed by atoms with E-state index >= 15 is 0 Å². The highest BCUT2D eigenvalue weighted by atomic mass is 16.5. The van der Waals surface area contributed by atoms with Crippen LogP contribution in [-0.4, -0.2) is 50.1 Å². The Morgan fingerprint density at radius 1 is 1.35 bits per heavy atom. The lowest BCUT2D eigenvalue weighted by Gasteiger charge is -2.37. The maximum atomic E-state index is 12.3. The van der Waals surface area contributed by atoms with Gasteiger partial charge in [-0.2, -0.15) is 0 Å². The molecule has 1 amide bonds. The molecule has 0 aliphatic carbocycles. The number of nitrogens with one attached hydrogen (secondary N) is 1. The minimum Gasteiger partial charge on any atom is -0.485 e. The van der Waals surface area contributed by atoms with Gasteiger partial charge in [0.05, 0.1) is 31.1 Å². The molecule has 0 fully saturated rings. The summed E-state index contributed by atoms with van der Waals surface area (Å²) in [5.74, 6) is 1.64. The molecule has 0 spiro atoms. The van der Waals surface area contributed by atoms with Crippen LogP contribution in [0.3, 0.4) is 0 Å². The molecule has 0 bridgehead atoms. The van der Waals surface area contributed by atoms with Gasteiger partial charge >= 0.3 is 0 Å². The summed E-state index contributed by atoms with van der Waals surface area (Å²) < 4.78 is 11.5. The highest BCUT2D eigenvalue weighted by molar-refractivity contribution is 5.78. The van der Waals surface area contributed by atoms with Crippen molar-refractivity contribution in [3.8, 4) is 5.75 Å². The first-order chi connectivity index (χ1) is 12.6. The summed E-state index contributed by atoms with van der Waals surface area (Å²) in [5, 5.41) is 2.96. The lowest BCUT2D eigenvalue weighted by molar-refractivity contribution is -0.122. The highest BCUT2D eigenvalue weighted by Gasteiger charge is 2.26. The summed E-state index contributed by atoms with van der Waals surface area (Å²) in [6, 6.07) is 11.6. The summed E-state index contributed by atoms with van der Waals surface area (Å²) in [4.78, 5) is 16.6. The lowest BCUT2D eigenvalue weighted by atomic mass is 10.2. The van der Waals surface area contributed by atoms with Crippen LogP contribution >= 0.6 is 0 Å². The molecule has 2 heterocycles. The van der Waals surface area contributed by atoms with E-state index in [1.807, 2.05) is 49.2 Å². The first-order valence-electron chi connectivity index (χ1n) is 9.08. The normalized spacial score (nSPS) is 17.5. The van der Waals surface area contributed by atoms with Crippen molar-refractivity contribution in [1.82, 2.24) is 10.2 Å². The van der Waals surface area contributed by atoms with Gasteiger partial charge in [0.2, 0.25) is 5.91 Å². The molecular formula is C20H27N3O3. The predicted octanol–water partition coefficient (Wildman–Crippen LogP) is 2.68. The van der Waals surface area contributed by atoms with Crippen LogP contribution in [0.25, 0.3) is 0 Å². The van der Waals surface area contributed by atoms with E-state index in [1.165, 1.54) is 0 Å². The fraction of sp³-hybridized carbons (Fsp3) is 0.450. The molecule has 140 valence electrons.